The number of hydrogen-bond acceptors (Lipinski definition) is 3. The second-order valence-corrected chi connectivity index (χ2v) is 6.14. The van der Waals surface area contributed by atoms with Gasteiger partial charge in [0.05, 0.1) is 5.69 Å². The lowest BCUT2D eigenvalue weighted by Crippen LogP contribution is -2.23. The molecule has 1 aromatic carbocycles. The summed E-state index contributed by atoms with van der Waals surface area (Å²) in [5.74, 6) is 0.413. The zero-order valence-electron chi connectivity index (χ0n) is 10.6. The molecule has 0 aliphatic heterocycles. The van der Waals surface area contributed by atoms with Crippen molar-refractivity contribution in [2.24, 2.45) is 17.0 Å². The molecule has 6 nitrogen and oxygen atoms in total. The summed E-state index contributed by atoms with van der Waals surface area (Å²) in [6, 6.07) is 6.43. The van der Waals surface area contributed by atoms with E-state index in [1.807, 2.05) is 6.92 Å². The Labute approximate surface area is 112 Å². The Morgan fingerprint density at radius 3 is 2.58 bits per heavy atom. The van der Waals surface area contributed by atoms with Crippen molar-refractivity contribution in [2.45, 2.75) is 19.8 Å². The first-order chi connectivity index (χ1) is 8.85. The van der Waals surface area contributed by atoms with Crippen LogP contribution in [-0.2, 0) is 15.0 Å². The van der Waals surface area contributed by atoms with Gasteiger partial charge in [0.25, 0.3) is 10.2 Å². The van der Waals surface area contributed by atoms with Gasteiger partial charge in [-0.1, -0.05) is 13.0 Å². The van der Waals surface area contributed by atoms with Gasteiger partial charge in [0.2, 0.25) is 5.91 Å². The number of carbonyl (C=O) groups excluding carboxylic acids is 1. The van der Waals surface area contributed by atoms with E-state index < -0.39 is 10.2 Å². The fourth-order valence-electron chi connectivity index (χ4n) is 1.89. The first-order valence-corrected chi connectivity index (χ1v) is 7.61. The summed E-state index contributed by atoms with van der Waals surface area (Å²) >= 11 is 0. The van der Waals surface area contributed by atoms with Crippen molar-refractivity contribution in [1.29, 1.82) is 0 Å². The molecule has 0 radical (unpaired) electrons. The van der Waals surface area contributed by atoms with Crippen LogP contribution in [0.4, 0.5) is 11.4 Å². The van der Waals surface area contributed by atoms with Gasteiger partial charge in [0, 0.05) is 11.6 Å². The van der Waals surface area contributed by atoms with Crippen LogP contribution in [-0.4, -0.2) is 14.3 Å². The van der Waals surface area contributed by atoms with Crippen molar-refractivity contribution in [1.82, 2.24) is 0 Å². The van der Waals surface area contributed by atoms with Crippen LogP contribution >= 0.6 is 0 Å². The van der Waals surface area contributed by atoms with E-state index in [2.05, 4.69) is 10.0 Å². The summed E-state index contributed by atoms with van der Waals surface area (Å²) in [7, 11) is -3.80. The van der Waals surface area contributed by atoms with Crippen molar-refractivity contribution in [3.05, 3.63) is 24.3 Å². The smallest absolute Gasteiger partial charge is 0.296 e. The van der Waals surface area contributed by atoms with Crippen LogP contribution in [0.1, 0.15) is 19.8 Å². The first kappa shape index (κ1) is 13.8. The molecule has 2 rings (SSSR count). The van der Waals surface area contributed by atoms with Crippen LogP contribution in [0.5, 0.6) is 0 Å². The zero-order chi connectivity index (χ0) is 14.0. The van der Waals surface area contributed by atoms with E-state index in [9.17, 15) is 13.2 Å². The maximum atomic E-state index is 11.9. The number of amides is 1. The number of nitrogens with two attached hydrogens (primary N) is 1. The SMILES string of the molecule is CC(C(=O)Nc1cccc(NS(N)(=O)=O)c1)C1CC1. The molecule has 0 saturated heterocycles. The van der Waals surface area contributed by atoms with E-state index in [1.54, 1.807) is 18.2 Å². The largest absolute Gasteiger partial charge is 0.326 e. The first-order valence-electron chi connectivity index (χ1n) is 6.06. The van der Waals surface area contributed by atoms with Crippen molar-refractivity contribution < 1.29 is 13.2 Å². The fraction of sp³-hybridized carbons (Fsp3) is 0.417. The molecule has 19 heavy (non-hydrogen) atoms. The predicted molar refractivity (Wildman–Crippen MR) is 73.7 cm³/mol. The summed E-state index contributed by atoms with van der Waals surface area (Å²) in [6.07, 6.45) is 2.20. The molecule has 4 N–H and O–H groups in total. The standard InChI is InChI=1S/C12H17N3O3S/c1-8(9-5-6-9)12(16)14-10-3-2-4-11(7-10)15-19(13,17)18/h2-4,7-9,15H,5-6H2,1H3,(H,14,16)(H2,13,17,18). The Hall–Kier alpha value is -1.60. The Kier molecular flexibility index (Phi) is 3.77. The van der Waals surface area contributed by atoms with Crippen LogP contribution < -0.4 is 15.2 Å². The highest BCUT2D eigenvalue weighted by molar-refractivity contribution is 7.90. The quantitative estimate of drug-likeness (QED) is 0.758. The van der Waals surface area contributed by atoms with Gasteiger partial charge >= 0.3 is 0 Å². The molecule has 1 aromatic rings. The maximum absolute atomic E-state index is 11.9. The lowest BCUT2D eigenvalue weighted by Gasteiger charge is -2.12. The van der Waals surface area contributed by atoms with E-state index >= 15 is 0 Å². The summed E-state index contributed by atoms with van der Waals surface area (Å²) < 4.78 is 24.0. The Morgan fingerprint density at radius 1 is 1.37 bits per heavy atom. The number of carbonyl (C=O) groups is 1. The van der Waals surface area contributed by atoms with Crippen molar-refractivity contribution in [3.8, 4) is 0 Å². The van der Waals surface area contributed by atoms with E-state index in [4.69, 9.17) is 5.14 Å². The summed E-state index contributed by atoms with van der Waals surface area (Å²) in [5, 5.41) is 7.66. The van der Waals surface area contributed by atoms with Crippen LogP contribution in [0.2, 0.25) is 0 Å². The topological polar surface area (TPSA) is 101 Å². The number of anilines is 2. The minimum atomic E-state index is -3.80. The minimum absolute atomic E-state index is 0.0187. The molecule has 1 fully saturated rings. The van der Waals surface area contributed by atoms with E-state index in [-0.39, 0.29) is 11.8 Å². The number of nitrogens with one attached hydrogen (secondary N) is 2. The molecule has 104 valence electrons. The molecule has 0 bridgehead atoms. The third-order valence-electron chi connectivity index (χ3n) is 3.13. The normalized spacial score (nSPS) is 16.7. The van der Waals surface area contributed by atoms with Crippen molar-refractivity contribution in [2.75, 3.05) is 10.0 Å². The zero-order valence-corrected chi connectivity index (χ0v) is 11.4. The molecule has 1 aliphatic rings. The third kappa shape index (κ3) is 4.22. The van der Waals surface area contributed by atoms with Crippen LogP contribution in [0.25, 0.3) is 0 Å². The van der Waals surface area contributed by atoms with Crippen LogP contribution in [0.3, 0.4) is 0 Å². The second-order valence-electron chi connectivity index (χ2n) is 4.84. The number of rotatable bonds is 5. The van der Waals surface area contributed by atoms with Gasteiger partial charge < -0.3 is 5.32 Å². The average Bonchev–Trinajstić information content (AvgIpc) is 3.09. The molecule has 0 spiro atoms. The Balaban J connectivity index is 2.04. The van der Waals surface area contributed by atoms with Crippen molar-refractivity contribution >= 4 is 27.5 Å². The average molecular weight is 283 g/mol. The van der Waals surface area contributed by atoms with Crippen LogP contribution in [0.15, 0.2) is 24.3 Å². The van der Waals surface area contributed by atoms with Gasteiger partial charge in [-0.25, -0.2) is 5.14 Å². The molecular weight excluding hydrogens is 266 g/mol. The summed E-state index contributed by atoms with van der Waals surface area (Å²) in [6.45, 7) is 1.90. The minimum Gasteiger partial charge on any atom is -0.326 e. The predicted octanol–water partition coefficient (Wildman–Crippen LogP) is 1.29. The molecule has 1 saturated carbocycles. The van der Waals surface area contributed by atoms with Gasteiger partial charge in [-0.15, -0.1) is 0 Å². The highest BCUT2D eigenvalue weighted by Gasteiger charge is 2.32. The van der Waals surface area contributed by atoms with Gasteiger partial charge in [-0.05, 0) is 37.0 Å². The van der Waals surface area contributed by atoms with Crippen LogP contribution in [0, 0.1) is 11.8 Å². The molecule has 1 unspecified atom stereocenters. The van der Waals surface area contributed by atoms with Gasteiger partial charge in [0.1, 0.15) is 0 Å². The Morgan fingerprint density at radius 2 is 2.00 bits per heavy atom. The third-order valence-corrected chi connectivity index (χ3v) is 3.65. The highest BCUT2D eigenvalue weighted by Crippen LogP contribution is 2.37. The van der Waals surface area contributed by atoms with E-state index in [0.717, 1.165) is 12.8 Å². The molecule has 1 amide bonds. The number of benzene rings is 1. The van der Waals surface area contributed by atoms with E-state index in [0.29, 0.717) is 17.3 Å². The Bertz CT molecular complexity index is 582. The fourth-order valence-corrected chi connectivity index (χ4v) is 2.35. The van der Waals surface area contributed by atoms with Gasteiger partial charge in [-0.2, -0.15) is 8.42 Å². The molecule has 0 heterocycles. The second kappa shape index (κ2) is 5.18. The van der Waals surface area contributed by atoms with Gasteiger partial charge in [-0.3, -0.25) is 9.52 Å². The molecule has 7 heteroatoms. The highest BCUT2D eigenvalue weighted by atomic mass is 32.2. The summed E-state index contributed by atoms with van der Waals surface area (Å²) in [4.78, 5) is 11.9. The molecular formula is C12H17N3O3S. The molecule has 0 aromatic heterocycles. The monoisotopic (exact) mass is 283 g/mol. The van der Waals surface area contributed by atoms with Gasteiger partial charge in [0.15, 0.2) is 0 Å². The summed E-state index contributed by atoms with van der Waals surface area (Å²) in [5.41, 5.74) is 0.866. The number of hydrogen-bond donors (Lipinski definition) is 3. The van der Waals surface area contributed by atoms with Crippen molar-refractivity contribution in [3.63, 3.8) is 0 Å². The maximum Gasteiger partial charge on any atom is 0.296 e. The lowest BCUT2D eigenvalue weighted by molar-refractivity contribution is -0.119. The van der Waals surface area contributed by atoms with E-state index in [1.165, 1.54) is 6.07 Å². The molecule has 1 atom stereocenters. The molecule has 1 aliphatic carbocycles. The lowest BCUT2D eigenvalue weighted by atomic mass is 10.1.